The average molecular weight is 397 g/mol. The zero-order valence-electron chi connectivity index (χ0n) is 17.4. The van der Waals surface area contributed by atoms with Gasteiger partial charge in [0.05, 0.1) is 6.33 Å². The Bertz CT molecular complexity index is 1140. The summed E-state index contributed by atoms with van der Waals surface area (Å²) in [5.41, 5.74) is 2.32. The molecule has 8 nitrogen and oxygen atoms in total. The van der Waals surface area contributed by atoms with Crippen LogP contribution in [-0.4, -0.2) is 42.6 Å². The van der Waals surface area contributed by atoms with E-state index in [4.69, 9.17) is 0 Å². The average Bonchev–Trinajstić information content (AvgIpc) is 3.15. The van der Waals surface area contributed by atoms with E-state index in [2.05, 4.69) is 29.2 Å². The molecule has 29 heavy (non-hydrogen) atoms. The minimum Gasteiger partial charge on any atom is -0.341 e. The molecule has 0 aliphatic heterocycles. The quantitative estimate of drug-likeness (QED) is 0.600. The van der Waals surface area contributed by atoms with Crippen LogP contribution in [0, 0.1) is 6.92 Å². The van der Waals surface area contributed by atoms with Gasteiger partial charge < -0.3 is 9.47 Å². The Balaban J connectivity index is 1.79. The summed E-state index contributed by atoms with van der Waals surface area (Å²) >= 11 is 0. The van der Waals surface area contributed by atoms with E-state index in [1.165, 1.54) is 22.7 Å². The van der Waals surface area contributed by atoms with Crippen molar-refractivity contribution in [2.24, 2.45) is 14.1 Å². The third-order valence-electron chi connectivity index (χ3n) is 5.27. The lowest BCUT2D eigenvalue weighted by molar-refractivity contribution is -0.131. The predicted octanol–water partition coefficient (Wildman–Crippen LogP) is 1.22. The molecule has 0 radical (unpaired) electrons. The number of carbonyl (C=O) groups is 1. The van der Waals surface area contributed by atoms with Crippen molar-refractivity contribution in [3.63, 3.8) is 0 Å². The molecule has 0 saturated carbocycles. The highest BCUT2D eigenvalue weighted by Crippen LogP contribution is 2.08. The van der Waals surface area contributed by atoms with E-state index < -0.39 is 5.69 Å². The van der Waals surface area contributed by atoms with Crippen LogP contribution in [0.2, 0.25) is 0 Å². The molecular formula is C21H27N5O3. The van der Waals surface area contributed by atoms with E-state index in [9.17, 15) is 14.4 Å². The summed E-state index contributed by atoms with van der Waals surface area (Å²) in [6.45, 7) is 5.41. The second-order valence-electron chi connectivity index (χ2n) is 7.29. The van der Waals surface area contributed by atoms with Crippen molar-refractivity contribution >= 4 is 17.1 Å². The number of amides is 1. The molecule has 2 aromatic heterocycles. The van der Waals surface area contributed by atoms with E-state index in [0.717, 1.165) is 11.0 Å². The second kappa shape index (κ2) is 8.46. The minimum atomic E-state index is -0.409. The van der Waals surface area contributed by atoms with E-state index >= 15 is 0 Å². The van der Waals surface area contributed by atoms with Crippen molar-refractivity contribution < 1.29 is 4.79 Å². The minimum absolute atomic E-state index is 0.0711. The van der Waals surface area contributed by atoms with Crippen LogP contribution in [0.15, 0.2) is 40.2 Å². The van der Waals surface area contributed by atoms with Gasteiger partial charge in [0.15, 0.2) is 11.2 Å². The molecule has 0 aliphatic rings. The van der Waals surface area contributed by atoms with E-state index in [1.54, 1.807) is 17.9 Å². The number of nitrogens with zero attached hydrogens (tertiary/aromatic N) is 5. The summed E-state index contributed by atoms with van der Waals surface area (Å²) in [4.78, 5) is 43.1. The number of aryl methyl sites for hydroxylation is 2. The number of benzene rings is 1. The highest BCUT2D eigenvalue weighted by atomic mass is 16.2. The molecule has 0 aliphatic carbocycles. The summed E-state index contributed by atoms with van der Waals surface area (Å²) in [6, 6.07) is 8.30. The van der Waals surface area contributed by atoms with E-state index in [1.807, 2.05) is 18.7 Å². The Kier molecular flexibility index (Phi) is 6.00. The van der Waals surface area contributed by atoms with Crippen LogP contribution in [-0.2, 0) is 31.9 Å². The largest absolute Gasteiger partial charge is 0.341 e. The zero-order chi connectivity index (χ0) is 21.1. The van der Waals surface area contributed by atoms with Crippen LogP contribution in [0.3, 0.4) is 0 Å². The molecule has 0 N–H and O–H groups in total. The molecule has 1 aromatic carbocycles. The standard InChI is InChI=1S/C21H27N5O3/c1-5-17(27)25(11-10-16-8-6-15(2)7-9-16)12-13-26-14-22-19-18(26)20(28)24(4)21(29)23(19)3/h6-9,14H,5,10-13H2,1-4H3. The Morgan fingerprint density at radius 1 is 1.07 bits per heavy atom. The fourth-order valence-electron chi connectivity index (χ4n) is 3.40. The van der Waals surface area contributed by atoms with Gasteiger partial charge in [-0.15, -0.1) is 0 Å². The number of hydrogen-bond donors (Lipinski definition) is 0. The molecule has 8 heteroatoms. The van der Waals surface area contributed by atoms with Crippen LogP contribution in [0.4, 0.5) is 0 Å². The molecule has 0 saturated heterocycles. The van der Waals surface area contributed by atoms with Crippen molar-refractivity contribution in [2.75, 3.05) is 13.1 Å². The van der Waals surface area contributed by atoms with Crippen molar-refractivity contribution in [3.05, 3.63) is 62.6 Å². The molecule has 3 aromatic rings. The van der Waals surface area contributed by atoms with Gasteiger partial charge >= 0.3 is 5.69 Å². The monoisotopic (exact) mass is 397 g/mol. The number of fused-ring (bicyclic) bond motifs is 1. The molecule has 1 amide bonds. The predicted molar refractivity (Wildman–Crippen MR) is 112 cm³/mol. The Hall–Kier alpha value is -3.16. The third kappa shape index (κ3) is 4.16. The molecule has 0 bridgehead atoms. The number of imidazole rings is 1. The molecule has 0 atom stereocenters. The molecule has 154 valence electrons. The van der Waals surface area contributed by atoms with Gasteiger partial charge in [0, 0.05) is 40.2 Å². The summed E-state index contributed by atoms with van der Waals surface area (Å²) in [6.07, 6.45) is 2.75. The first-order valence-electron chi connectivity index (χ1n) is 9.77. The number of aromatic nitrogens is 4. The highest BCUT2D eigenvalue weighted by Gasteiger charge is 2.16. The van der Waals surface area contributed by atoms with Gasteiger partial charge in [-0.3, -0.25) is 18.7 Å². The van der Waals surface area contributed by atoms with Crippen molar-refractivity contribution in [3.8, 4) is 0 Å². The van der Waals surface area contributed by atoms with Crippen molar-refractivity contribution in [1.29, 1.82) is 0 Å². The molecule has 2 heterocycles. The van der Waals surface area contributed by atoms with Gasteiger partial charge in [0.2, 0.25) is 5.91 Å². The first kappa shape index (κ1) is 20.6. The molecule has 0 unspecified atom stereocenters. The van der Waals surface area contributed by atoms with Crippen LogP contribution in [0.1, 0.15) is 24.5 Å². The van der Waals surface area contributed by atoms with Crippen LogP contribution >= 0.6 is 0 Å². The number of hydrogen-bond acceptors (Lipinski definition) is 4. The third-order valence-corrected chi connectivity index (χ3v) is 5.27. The Morgan fingerprint density at radius 2 is 1.76 bits per heavy atom. The summed E-state index contributed by atoms with van der Waals surface area (Å²) in [5.74, 6) is 0.0711. The number of rotatable bonds is 7. The highest BCUT2D eigenvalue weighted by molar-refractivity contribution is 5.76. The smallest absolute Gasteiger partial charge is 0.332 e. The van der Waals surface area contributed by atoms with Gasteiger partial charge in [0.25, 0.3) is 5.56 Å². The molecular weight excluding hydrogens is 370 g/mol. The van der Waals surface area contributed by atoms with Gasteiger partial charge in [-0.1, -0.05) is 36.8 Å². The summed E-state index contributed by atoms with van der Waals surface area (Å²) < 4.78 is 4.16. The first-order chi connectivity index (χ1) is 13.8. The topological polar surface area (TPSA) is 82.1 Å². The fourth-order valence-corrected chi connectivity index (χ4v) is 3.40. The normalized spacial score (nSPS) is 11.2. The SMILES string of the molecule is CCC(=O)N(CCc1ccc(C)cc1)CCn1cnc2c1c(=O)n(C)c(=O)n2C. The Morgan fingerprint density at radius 3 is 2.41 bits per heavy atom. The van der Waals surface area contributed by atoms with Gasteiger partial charge in [-0.05, 0) is 18.9 Å². The van der Waals surface area contributed by atoms with Gasteiger partial charge in [-0.2, -0.15) is 0 Å². The lowest BCUT2D eigenvalue weighted by atomic mass is 10.1. The fraction of sp³-hybridized carbons (Fsp3) is 0.429. The maximum Gasteiger partial charge on any atom is 0.332 e. The summed E-state index contributed by atoms with van der Waals surface area (Å²) in [5, 5.41) is 0. The van der Waals surface area contributed by atoms with Crippen LogP contribution in [0.25, 0.3) is 11.2 Å². The summed E-state index contributed by atoms with van der Waals surface area (Å²) in [7, 11) is 3.05. The molecule has 0 spiro atoms. The first-order valence-corrected chi connectivity index (χ1v) is 9.77. The maximum atomic E-state index is 12.6. The number of carbonyl (C=O) groups excluding carboxylic acids is 1. The second-order valence-corrected chi connectivity index (χ2v) is 7.29. The Labute approximate surface area is 169 Å². The lowest BCUT2D eigenvalue weighted by Gasteiger charge is -2.22. The molecule has 0 fully saturated rings. The lowest BCUT2D eigenvalue weighted by Crippen LogP contribution is -2.38. The maximum absolute atomic E-state index is 12.6. The van der Waals surface area contributed by atoms with Crippen molar-refractivity contribution in [2.45, 2.75) is 33.2 Å². The van der Waals surface area contributed by atoms with E-state index in [0.29, 0.717) is 37.2 Å². The van der Waals surface area contributed by atoms with E-state index in [-0.39, 0.29) is 11.5 Å². The zero-order valence-corrected chi connectivity index (χ0v) is 17.4. The van der Waals surface area contributed by atoms with Gasteiger partial charge in [-0.25, -0.2) is 9.78 Å². The van der Waals surface area contributed by atoms with Crippen LogP contribution in [0.5, 0.6) is 0 Å². The van der Waals surface area contributed by atoms with Crippen molar-refractivity contribution in [1.82, 2.24) is 23.6 Å². The molecule has 3 rings (SSSR count). The van der Waals surface area contributed by atoms with Crippen LogP contribution < -0.4 is 11.2 Å². The van der Waals surface area contributed by atoms with Gasteiger partial charge in [0.1, 0.15) is 0 Å².